The van der Waals surface area contributed by atoms with Crippen LogP contribution < -0.4 is 10.2 Å². The molecule has 0 saturated carbocycles. The molecule has 2 N–H and O–H groups in total. The number of hydrogen-bond acceptors (Lipinski definition) is 3. The van der Waals surface area contributed by atoms with E-state index in [1.54, 1.807) is 12.1 Å². The second-order valence-electron chi connectivity index (χ2n) is 5.79. The van der Waals surface area contributed by atoms with E-state index in [9.17, 15) is 18.0 Å². The lowest BCUT2D eigenvalue weighted by atomic mass is 10.2. The zero-order chi connectivity index (χ0) is 18.5. The topological polar surface area (TPSA) is 55.8 Å². The van der Waals surface area contributed by atoms with E-state index in [0.717, 1.165) is 17.1 Å². The molecule has 8 heteroatoms. The molecule has 0 bridgehead atoms. The van der Waals surface area contributed by atoms with Crippen molar-refractivity contribution in [3.05, 3.63) is 24.3 Å². The Morgan fingerprint density at radius 3 is 2.21 bits per heavy atom. The summed E-state index contributed by atoms with van der Waals surface area (Å²) in [7, 11) is 1.19. The van der Waals surface area contributed by atoms with Gasteiger partial charge < -0.3 is 20.2 Å². The normalized spacial score (nSPS) is 12.9. The maximum atomic E-state index is 12.3. The van der Waals surface area contributed by atoms with Crippen molar-refractivity contribution < 1.29 is 23.1 Å². The molecule has 1 rings (SSSR count). The molecule has 0 spiro atoms. The van der Waals surface area contributed by atoms with Crippen molar-refractivity contribution in [1.29, 1.82) is 0 Å². The van der Waals surface area contributed by atoms with Gasteiger partial charge in [-0.25, -0.2) is 4.79 Å². The summed E-state index contributed by atoms with van der Waals surface area (Å²) >= 11 is 0. The summed E-state index contributed by atoms with van der Waals surface area (Å²) in [5.41, 5.74) is 1.46. The van der Waals surface area contributed by atoms with Crippen LogP contribution in [0.2, 0.25) is 0 Å². The molecule has 0 aliphatic rings. The van der Waals surface area contributed by atoms with Crippen LogP contribution in [0, 0.1) is 0 Å². The fraction of sp³-hybridized carbons (Fsp3) is 0.562. The van der Waals surface area contributed by atoms with Gasteiger partial charge in [-0.1, -0.05) is 0 Å². The van der Waals surface area contributed by atoms with E-state index in [1.165, 1.54) is 7.05 Å². The summed E-state index contributed by atoms with van der Waals surface area (Å²) in [6.45, 7) is 6.18. The molecular weight excluding hydrogens is 323 g/mol. The van der Waals surface area contributed by atoms with Gasteiger partial charge in [0, 0.05) is 31.0 Å². The second-order valence-corrected chi connectivity index (χ2v) is 5.79. The second kappa shape index (κ2) is 8.23. The minimum Gasteiger partial charge on any atom is -0.382 e. The van der Waals surface area contributed by atoms with Crippen LogP contribution in [0.1, 0.15) is 20.8 Å². The standard InChI is InChI=1S/C16H24F3N3O2/c1-5-22(11(2)3)13-8-6-12(7-9-13)20-15(24)21(4)10-14(23)16(17,18)19/h6-9,11,14,23H,5,10H2,1-4H3,(H,20,24). The number of benzene rings is 1. The number of alkyl halides is 3. The lowest BCUT2D eigenvalue weighted by Crippen LogP contribution is -2.43. The molecule has 1 aromatic rings. The largest absolute Gasteiger partial charge is 0.416 e. The average molecular weight is 347 g/mol. The molecule has 5 nitrogen and oxygen atoms in total. The fourth-order valence-electron chi connectivity index (χ4n) is 2.25. The number of nitrogens with zero attached hydrogens (tertiary/aromatic N) is 2. The Morgan fingerprint density at radius 2 is 1.79 bits per heavy atom. The van der Waals surface area contributed by atoms with E-state index in [4.69, 9.17) is 5.11 Å². The molecule has 1 unspecified atom stereocenters. The van der Waals surface area contributed by atoms with E-state index in [2.05, 4.69) is 24.1 Å². The Kier molecular flexibility index (Phi) is 6.89. The summed E-state index contributed by atoms with van der Waals surface area (Å²) in [6, 6.07) is 6.65. The third kappa shape index (κ3) is 5.59. The maximum absolute atomic E-state index is 12.3. The number of carbonyl (C=O) groups excluding carboxylic acids is 1. The first-order valence-electron chi connectivity index (χ1n) is 7.69. The SMILES string of the molecule is CCN(c1ccc(NC(=O)N(C)CC(O)C(F)(F)F)cc1)C(C)C. The van der Waals surface area contributed by atoms with Gasteiger partial charge in [-0.05, 0) is 45.0 Å². The molecule has 0 aliphatic carbocycles. The number of urea groups is 1. The molecule has 0 radical (unpaired) electrons. The van der Waals surface area contributed by atoms with Gasteiger partial charge in [0.25, 0.3) is 0 Å². The molecule has 2 amide bonds. The molecule has 0 heterocycles. The lowest BCUT2D eigenvalue weighted by Gasteiger charge is -2.27. The summed E-state index contributed by atoms with van der Waals surface area (Å²) in [5.74, 6) is 0. The third-order valence-corrected chi connectivity index (χ3v) is 3.59. The molecule has 24 heavy (non-hydrogen) atoms. The van der Waals surface area contributed by atoms with Crippen molar-refractivity contribution in [2.75, 3.05) is 30.4 Å². The smallest absolute Gasteiger partial charge is 0.382 e. The van der Waals surface area contributed by atoms with Crippen molar-refractivity contribution in [3.8, 4) is 0 Å². The molecule has 1 aromatic carbocycles. The van der Waals surface area contributed by atoms with E-state index in [-0.39, 0.29) is 0 Å². The Bertz CT molecular complexity index is 532. The number of nitrogens with one attached hydrogen (secondary N) is 1. The van der Waals surface area contributed by atoms with E-state index < -0.39 is 24.9 Å². The molecule has 136 valence electrons. The third-order valence-electron chi connectivity index (χ3n) is 3.59. The van der Waals surface area contributed by atoms with Gasteiger partial charge in [0.05, 0.1) is 6.54 Å². The summed E-state index contributed by atoms with van der Waals surface area (Å²) in [6.07, 6.45) is -7.32. The van der Waals surface area contributed by atoms with Crippen LogP contribution in [0.5, 0.6) is 0 Å². The van der Waals surface area contributed by atoms with Gasteiger partial charge in [-0.2, -0.15) is 13.2 Å². The minimum atomic E-state index is -4.75. The first kappa shape index (κ1) is 20.1. The predicted octanol–water partition coefficient (Wildman–Crippen LogP) is 3.31. The van der Waals surface area contributed by atoms with Crippen LogP contribution in [0.4, 0.5) is 29.3 Å². The van der Waals surface area contributed by atoms with Crippen LogP contribution in [0.15, 0.2) is 24.3 Å². The maximum Gasteiger partial charge on any atom is 0.416 e. The van der Waals surface area contributed by atoms with Crippen LogP contribution in [0.3, 0.4) is 0 Å². The van der Waals surface area contributed by atoms with Gasteiger partial charge >= 0.3 is 12.2 Å². The van der Waals surface area contributed by atoms with Gasteiger partial charge in [0.1, 0.15) is 0 Å². The predicted molar refractivity (Wildman–Crippen MR) is 88.3 cm³/mol. The number of halogens is 3. The summed E-state index contributed by atoms with van der Waals surface area (Å²) in [4.78, 5) is 14.8. The van der Waals surface area contributed by atoms with Crippen molar-refractivity contribution >= 4 is 17.4 Å². The molecule has 0 aromatic heterocycles. The Morgan fingerprint density at radius 1 is 1.25 bits per heavy atom. The van der Waals surface area contributed by atoms with Crippen LogP contribution in [-0.4, -0.2) is 54.5 Å². The minimum absolute atomic E-state index is 0.324. The monoisotopic (exact) mass is 347 g/mol. The average Bonchev–Trinajstić information content (AvgIpc) is 2.48. The first-order chi connectivity index (χ1) is 11.1. The Labute approximate surface area is 140 Å². The van der Waals surface area contributed by atoms with Gasteiger partial charge in [0.15, 0.2) is 6.10 Å². The zero-order valence-corrected chi connectivity index (χ0v) is 14.3. The van der Waals surface area contributed by atoms with Crippen molar-refractivity contribution in [2.45, 2.75) is 39.1 Å². The molecule has 0 saturated heterocycles. The van der Waals surface area contributed by atoms with E-state index >= 15 is 0 Å². The molecule has 0 fully saturated rings. The summed E-state index contributed by atoms with van der Waals surface area (Å²) in [5, 5.41) is 11.5. The fourth-order valence-corrected chi connectivity index (χ4v) is 2.25. The molecule has 1 atom stereocenters. The highest BCUT2D eigenvalue weighted by atomic mass is 19.4. The number of likely N-dealkylation sites (N-methyl/N-ethyl adjacent to an activating group) is 1. The van der Waals surface area contributed by atoms with Crippen molar-refractivity contribution in [1.82, 2.24) is 4.90 Å². The zero-order valence-electron chi connectivity index (χ0n) is 14.3. The quantitative estimate of drug-likeness (QED) is 0.830. The molecular formula is C16H24F3N3O2. The van der Waals surface area contributed by atoms with Crippen molar-refractivity contribution in [3.63, 3.8) is 0 Å². The number of aliphatic hydroxyl groups excluding tert-OH is 1. The van der Waals surface area contributed by atoms with Gasteiger partial charge in [0.2, 0.25) is 0 Å². The number of carbonyl (C=O) groups is 1. The lowest BCUT2D eigenvalue weighted by molar-refractivity contribution is -0.205. The van der Waals surface area contributed by atoms with Crippen LogP contribution in [-0.2, 0) is 0 Å². The van der Waals surface area contributed by atoms with Gasteiger partial charge in [-0.3, -0.25) is 0 Å². The van der Waals surface area contributed by atoms with Crippen LogP contribution >= 0.6 is 0 Å². The van der Waals surface area contributed by atoms with E-state index in [1.807, 2.05) is 19.1 Å². The van der Waals surface area contributed by atoms with Crippen molar-refractivity contribution in [2.24, 2.45) is 0 Å². The highest BCUT2D eigenvalue weighted by Crippen LogP contribution is 2.22. The number of hydrogen-bond donors (Lipinski definition) is 2. The van der Waals surface area contributed by atoms with E-state index in [0.29, 0.717) is 11.7 Å². The number of aliphatic hydroxyl groups is 1. The first-order valence-corrected chi connectivity index (χ1v) is 7.69. The van der Waals surface area contributed by atoms with Gasteiger partial charge in [-0.15, -0.1) is 0 Å². The number of anilines is 2. The summed E-state index contributed by atoms with van der Waals surface area (Å²) < 4.78 is 36.9. The number of rotatable bonds is 6. The Hall–Kier alpha value is -1.96. The van der Waals surface area contributed by atoms with Crippen LogP contribution in [0.25, 0.3) is 0 Å². The Balaban J connectivity index is 2.67. The highest BCUT2D eigenvalue weighted by Gasteiger charge is 2.39. The highest BCUT2D eigenvalue weighted by molar-refractivity contribution is 5.89. The number of amides is 2. The molecule has 0 aliphatic heterocycles.